The fourth-order valence-corrected chi connectivity index (χ4v) is 2.95. The molecule has 0 atom stereocenters. The van der Waals surface area contributed by atoms with Crippen molar-refractivity contribution in [3.8, 4) is 0 Å². The Hall–Kier alpha value is -2.92. The number of carbonyl (C=O) groups is 1. The molecule has 1 amide bonds. The van der Waals surface area contributed by atoms with Gasteiger partial charge >= 0.3 is 0 Å². The molecule has 0 spiro atoms. The van der Waals surface area contributed by atoms with Crippen LogP contribution in [0, 0.1) is 5.82 Å². The minimum Gasteiger partial charge on any atom is -0.330 e. The number of carbonyl (C=O) groups excluding carboxylic acids is 1. The SMILES string of the molecule is C=CCN(Cc1ccccc1F)C(=O)c1cnn(Cc2ccccc2Cl)c1. The van der Waals surface area contributed by atoms with Crippen molar-refractivity contribution in [2.24, 2.45) is 0 Å². The van der Waals surface area contributed by atoms with Gasteiger partial charge in [0.15, 0.2) is 0 Å². The molecule has 1 aromatic heterocycles. The maximum Gasteiger partial charge on any atom is 0.257 e. The summed E-state index contributed by atoms with van der Waals surface area (Å²) in [5.74, 6) is -0.572. The van der Waals surface area contributed by atoms with Gasteiger partial charge in [0.1, 0.15) is 5.82 Å². The molecule has 1 heterocycles. The van der Waals surface area contributed by atoms with Crippen LogP contribution in [0.4, 0.5) is 4.39 Å². The van der Waals surface area contributed by atoms with E-state index in [1.54, 1.807) is 35.2 Å². The van der Waals surface area contributed by atoms with Crippen molar-refractivity contribution in [3.05, 3.63) is 101 Å². The molecule has 0 fully saturated rings. The maximum absolute atomic E-state index is 13.9. The van der Waals surface area contributed by atoms with E-state index in [2.05, 4.69) is 11.7 Å². The topological polar surface area (TPSA) is 38.1 Å². The van der Waals surface area contributed by atoms with E-state index in [0.717, 1.165) is 5.56 Å². The Morgan fingerprint density at radius 3 is 2.59 bits per heavy atom. The lowest BCUT2D eigenvalue weighted by molar-refractivity contribution is 0.0761. The van der Waals surface area contributed by atoms with E-state index in [-0.39, 0.29) is 18.3 Å². The van der Waals surface area contributed by atoms with E-state index in [1.165, 1.54) is 17.2 Å². The van der Waals surface area contributed by atoms with E-state index in [9.17, 15) is 9.18 Å². The lowest BCUT2D eigenvalue weighted by Gasteiger charge is -2.20. The molecule has 3 rings (SSSR count). The van der Waals surface area contributed by atoms with Crippen LogP contribution < -0.4 is 0 Å². The predicted octanol–water partition coefficient (Wildman–Crippen LogP) is 4.55. The molecule has 2 aromatic carbocycles. The molecule has 0 aliphatic carbocycles. The van der Waals surface area contributed by atoms with Gasteiger partial charge in [0, 0.05) is 29.9 Å². The first-order valence-corrected chi connectivity index (χ1v) is 8.85. The number of rotatable bonds is 7. The molecule has 0 aliphatic rings. The summed E-state index contributed by atoms with van der Waals surface area (Å²) in [6, 6.07) is 13.9. The van der Waals surface area contributed by atoms with Crippen molar-refractivity contribution in [1.82, 2.24) is 14.7 Å². The predicted molar refractivity (Wildman–Crippen MR) is 104 cm³/mol. The summed E-state index contributed by atoms with van der Waals surface area (Å²) >= 11 is 6.18. The van der Waals surface area contributed by atoms with Crippen molar-refractivity contribution in [1.29, 1.82) is 0 Å². The van der Waals surface area contributed by atoms with Crippen molar-refractivity contribution < 1.29 is 9.18 Å². The van der Waals surface area contributed by atoms with Crippen molar-refractivity contribution >= 4 is 17.5 Å². The molecule has 0 saturated heterocycles. The van der Waals surface area contributed by atoms with Gasteiger partial charge in [-0.05, 0) is 17.7 Å². The first kappa shape index (κ1) is 18.9. The summed E-state index contributed by atoms with van der Waals surface area (Å²) in [5.41, 5.74) is 1.80. The van der Waals surface area contributed by atoms with Crippen LogP contribution in [0.3, 0.4) is 0 Å². The highest BCUT2D eigenvalue weighted by Gasteiger charge is 2.18. The lowest BCUT2D eigenvalue weighted by Crippen LogP contribution is -2.30. The molecular formula is C21H19ClFN3O. The van der Waals surface area contributed by atoms with Gasteiger partial charge in [0.25, 0.3) is 5.91 Å². The van der Waals surface area contributed by atoms with Crippen LogP contribution in [0.2, 0.25) is 5.02 Å². The third kappa shape index (κ3) is 4.63. The first-order valence-electron chi connectivity index (χ1n) is 8.48. The molecule has 0 unspecified atom stereocenters. The smallest absolute Gasteiger partial charge is 0.257 e. The minimum absolute atomic E-state index is 0.160. The number of halogens is 2. The van der Waals surface area contributed by atoms with E-state index in [1.807, 2.05) is 24.3 Å². The van der Waals surface area contributed by atoms with Gasteiger partial charge in [-0.25, -0.2) is 4.39 Å². The van der Waals surface area contributed by atoms with E-state index >= 15 is 0 Å². The van der Waals surface area contributed by atoms with Gasteiger partial charge < -0.3 is 4.90 Å². The highest BCUT2D eigenvalue weighted by Crippen LogP contribution is 2.17. The molecule has 0 radical (unpaired) electrons. The summed E-state index contributed by atoms with van der Waals surface area (Å²) in [6.07, 6.45) is 4.80. The Bertz CT molecular complexity index is 954. The highest BCUT2D eigenvalue weighted by molar-refractivity contribution is 6.31. The lowest BCUT2D eigenvalue weighted by atomic mass is 10.2. The van der Waals surface area contributed by atoms with E-state index < -0.39 is 0 Å². The largest absolute Gasteiger partial charge is 0.330 e. The summed E-state index contributed by atoms with van der Waals surface area (Å²) in [5, 5.41) is 4.90. The Morgan fingerprint density at radius 2 is 1.89 bits per heavy atom. The maximum atomic E-state index is 13.9. The fraction of sp³-hybridized carbons (Fsp3) is 0.143. The van der Waals surface area contributed by atoms with Crippen LogP contribution in [0.15, 0.2) is 73.6 Å². The summed E-state index contributed by atoms with van der Waals surface area (Å²) in [4.78, 5) is 14.4. The standard InChI is InChI=1S/C21H19ClFN3O/c1-2-11-25(13-17-8-4-6-10-20(17)23)21(27)18-12-24-26(15-18)14-16-7-3-5-9-19(16)22/h2-10,12,15H,1,11,13-14H2. The van der Waals surface area contributed by atoms with E-state index in [4.69, 9.17) is 11.6 Å². The van der Waals surface area contributed by atoms with Gasteiger partial charge in [0.05, 0.1) is 18.3 Å². The minimum atomic E-state index is -0.339. The average molecular weight is 384 g/mol. The molecule has 0 bridgehead atoms. The number of nitrogens with zero attached hydrogens (tertiary/aromatic N) is 3. The molecule has 138 valence electrons. The zero-order chi connectivity index (χ0) is 19.2. The second-order valence-electron chi connectivity index (χ2n) is 6.08. The zero-order valence-corrected chi connectivity index (χ0v) is 15.4. The summed E-state index contributed by atoms with van der Waals surface area (Å²) in [7, 11) is 0. The monoisotopic (exact) mass is 383 g/mol. The van der Waals surface area contributed by atoms with Crippen LogP contribution in [-0.4, -0.2) is 27.1 Å². The van der Waals surface area contributed by atoms with Gasteiger partial charge in [-0.2, -0.15) is 5.10 Å². The Kier molecular flexibility index (Phi) is 6.04. The third-order valence-electron chi connectivity index (χ3n) is 4.13. The fourth-order valence-electron chi connectivity index (χ4n) is 2.75. The number of hydrogen-bond donors (Lipinski definition) is 0. The Labute approximate surface area is 162 Å². The zero-order valence-electron chi connectivity index (χ0n) is 14.7. The van der Waals surface area contributed by atoms with Gasteiger partial charge in [0.2, 0.25) is 0 Å². The molecule has 4 nitrogen and oxygen atoms in total. The Balaban J connectivity index is 1.77. The molecule has 27 heavy (non-hydrogen) atoms. The van der Waals surface area contributed by atoms with Crippen molar-refractivity contribution in [2.45, 2.75) is 13.1 Å². The van der Waals surface area contributed by atoms with Crippen LogP contribution in [0.1, 0.15) is 21.5 Å². The molecule has 3 aromatic rings. The Morgan fingerprint density at radius 1 is 1.19 bits per heavy atom. The van der Waals surface area contributed by atoms with Crippen molar-refractivity contribution in [3.63, 3.8) is 0 Å². The molecule has 6 heteroatoms. The summed E-state index contributed by atoms with van der Waals surface area (Å²) in [6.45, 7) is 4.62. The number of amides is 1. The van der Waals surface area contributed by atoms with Gasteiger partial charge in [-0.3, -0.25) is 9.48 Å². The number of benzene rings is 2. The second-order valence-corrected chi connectivity index (χ2v) is 6.49. The highest BCUT2D eigenvalue weighted by atomic mass is 35.5. The van der Waals surface area contributed by atoms with Crippen molar-refractivity contribution in [2.75, 3.05) is 6.54 Å². The normalized spacial score (nSPS) is 10.6. The second kappa shape index (κ2) is 8.64. The molecular weight excluding hydrogens is 365 g/mol. The quantitative estimate of drug-likeness (QED) is 0.561. The van der Waals surface area contributed by atoms with Gasteiger partial charge in [-0.15, -0.1) is 6.58 Å². The van der Waals surface area contributed by atoms with E-state index in [0.29, 0.717) is 29.2 Å². The van der Waals surface area contributed by atoms with Gasteiger partial charge in [-0.1, -0.05) is 54.1 Å². The van der Waals surface area contributed by atoms with Crippen LogP contribution in [-0.2, 0) is 13.1 Å². The third-order valence-corrected chi connectivity index (χ3v) is 4.49. The molecule has 0 aliphatic heterocycles. The first-order chi connectivity index (χ1) is 13.1. The van der Waals surface area contributed by atoms with Crippen LogP contribution in [0.25, 0.3) is 0 Å². The molecule has 0 saturated carbocycles. The number of aromatic nitrogens is 2. The average Bonchev–Trinajstić information content (AvgIpc) is 3.13. The van der Waals surface area contributed by atoms with Crippen LogP contribution >= 0.6 is 11.6 Å². The number of hydrogen-bond acceptors (Lipinski definition) is 2. The van der Waals surface area contributed by atoms with Crippen LogP contribution in [0.5, 0.6) is 0 Å². The summed E-state index contributed by atoms with van der Waals surface area (Å²) < 4.78 is 15.6. The molecule has 0 N–H and O–H groups in total.